The van der Waals surface area contributed by atoms with Crippen LogP contribution in [0.1, 0.15) is 42.1 Å². The molecule has 0 saturated carbocycles. The number of nitrogens with one attached hydrogen (secondary N) is 1. The molecule has 0 radical (unpaired) electrons. The first-order valence-corrected chi connectivity index (χ1v) is 6.63. The van der Waals surface area contributed by atoms with Crippen LogP contribution < -0.4 is 5.32 Å². The Kier molecular flexibility index (Phi) is 5.83. The maximum absolute atomic E-state index is 12.0. The fraction of sp³-hybridized carbons (Fsp3) is 0.429. The van der Waals surface area contributed by atoms with Gasteiger partial charge in [0.1, 0.15) is 6.04 Å². The van der Waals surface area contributed by atoms with Crippen molar-refractivity contribution in [2.75, 3.05) is 0 Å². The molecule has 1 atom stereocenters. The number of hydrogen-bond acceptors (Lipinski definition) is 2. The Balaban J connectivity index is 2.75. The summed E-state index contributed by atoms with van der Waals surface area (Å²) in [5.74, 6) is -1.43. The van der Waals surface area contributed by atoms with Gasteiger partial charge in [-0.2, -0.15) is 0 Å². The lowest BCUT2D eigenvalue weighted by molar-refractivity contribution is -0.139. The van der Waals surface area contributed by atoms with Gasteiger partial charge in [0.25, 0.3) is 5.91 Å². The third-order valence-electron chi connectivity index (χ3n) is 2.88. The molecule has 104 valence electrons. The van der Waals surface area contributed by atoms with Crippen LogP contribution in [0.2, 0.25) is 5.02 Å². The van der Waals surface area contributed by atoms with Gasteiger partial charge in [0, 0.05) is 10.6 Å². The van der Waals surface area contributed by atoms with E-state index in [-0.39, 0.29) is 0 Å². The molecule has 1 rings (SSSR count). The molecule has 4 nitrogen and oxygen atoms in total. The van der Waals surface area contributed by atoms with E-state index in [0.717, 1.165) is 18.4 Å². The van der Waals surface area contributed by atoms with Gasteiger partial charge in [-0.15, -0.1) is 0 Å². The van der Waals surface area contributed by atoms with Crippen molar-refractivity contribution in [2.45, 2.75) is 39.2 Å². The average Bonchev–Trinajstić information content (AvgIpc) is 2.37. The first-order valence-electron chi connectivity index (χ1n) is 6.25. The summed E-state index contributed by atoms with van der Waals surface area (Å²) in [5, 5.41) is 12.1. The smallest absolute Gasteiger partial charge is 0.326 e. The molecule has 5 heteroatoms. The van der Waals surface area contributed by atoms with Gasteiger partial charge in [0.05, 0.1) is 0 Å². The van der Waals surface area contributed by atoms with E-state index in [1.807, 2.05) is 13.8 Å². The average molecular weight is 284 g/mol. The summed E-state index contributed by atoms with van der Waals surface area (Å²) in [6.07, 6.45) is 2.07. The molecule has 0 unspecified atom stereocenters. The first kappa shape index (κ1) is 15.5. The minimum Gasteiger partial charge on any atom is -0.480 e. The van der Waals surface area contributed by atoms with Crippen LogP contribution in [0.4, 0.5) is 0 Å². The van der Waals surface area contributed by atoms with E-state index in [9.17, 15) is 9.59 Å². The maximum Gasteiger partial charge on any atom is 0.326 e. The van der Waals surface area contributed by atoms with E-state index in [0.29, 0.717) is 17.0 Å². The zero-order valence-corrected chi connectivity index (χ0v) is 11.8. The summed E-state index contributed by atoms with van der Waals surface area (Å²) in [7, 11) is 0. The second-order valence-corrected chi connectivity index (χ2v) is 4.88. The zero-order chi connectivity index (χ0) is 14.4. The molecule has 19 heavy (non-hydrogen) atoms. The van der Waals surface area contributed by atoms with Gasteiger partial charge in [-0.1, -0.05) is 37.4 Å². The van der Waals surface area contributed by atoms with Crippen molar-refractivity contribution in [3.05, 3.63) is 34.3 Å². The Bertz CT molecular complexity index is 474. The summed E-state index contributed by atoms with van der Waals surface area (Å²) >= 11 is 5.94. The molecular weight excluding hydrogens is 266 g/mol. The number of carbonyl (C=O) groups is 2. The minimum absolute atomic E-state index is 0.373. The van der Waals surface area contributed by atoms with Gasteiger partial charge < -0.3 is 10.4 Å². The molecule has 1 aromatic rings. The number of aliphatic carboxylic acids is 1. The van der Waals surface area contributed by atoms with Crippen LogP contribution in [0.25, 0.3) is 0 Å². The van der Waals surface area contributed by atoms with Gasteiger partial charge in [0.2, 0.25) is 0 Å². The fourth-order valence-electron chi connectivity index (χ4n) is 1.64. The first-order chi connectivity index (χ1) is 8.95. The number of benzene rings is 1. The Labute approximate surface area is 117 Å². The molecule has 0 aromatic heterocycles. The van der Waals surface area contributed by atoms with E-state index in [4.69, 9.17) is 16.7 Å². The number of carboxylic acids is 1. The van der Waals surface area contributed by atoms with Crippen LogP contribution in [0, 0.1) is 6.92 Å². The van der Waals surface area contributed by atoms with Gasteiger partial charge in [-0.3, -0.25) is 4.79 Å². The Hall–Kier alpha value is -1.55. The number of amides is 1. The molecule has 0 aliphatic rings. The topological polar surface area (TPSA) is 66.4 Å². The van der Waals surface area contributed by atoms with E-state index >= 15 is 0 Å². The summed E-state index contributed by atoms with van der Waals surface area (Å²) in [5.41, 5.74) is 1.25. The summed E-state index contributed by atoms with van der Waals surface area (Å²) in [4.78, 5) is 23.0. The van der Waals surface area contributed by atoms with Crippen molar-refractivity contribution in [1.82, 2.24) is 5.32 Å². The zero-order valence-electron chi connectivity index (χ0n) is 11.1. The highest BCUT2D eigenvalue weighted by molar-refractivity contribution is 6.31. The molecule has 0 fully saturated rings. The van der Waals surface area contributed by atoms with E-state index in [1.165, 1.54) is 0 Å². The third kappa shape index (κ3) is 4.56. The van der Waals surface area contributed by atoms with Crippen LogP contribution >= 0.6 is 11.6 Å². The number of carboxylic acid groups (broad SMARTS) is 1. The number of aryl methyl sites for hydroxylation is 1. The fourth-order valence-corrected chi connectivity index (χ4v) is 1.82. The highest BCUT2D eigenvalue weighted by Crippen LogP contribution is 2.16. The molecular formula is C14H18ClNO3. The largest absolute Gasteiger partial charge is 0.480 e. The molecule has 0 spiro atoms. The number of carbonyl (C=O) groups excluding carboxylic acids is 1. The molecule has 0 saturated heterocycles. The quantitative estimate of drug-likeness (QED) is 0.843. The predicted octanol–water partition coefficient (Wildman–Crippen LogP) is 3.02. The number of hydrogen-bond donors (Lipinski definition) is 2. The molecule has 2 N–H and O–H groups in total. The Morgan fingerprint density at radius 1 is 1.42 bits per heavy atom. The lowest BCUT2D eigenvalue weighted by atomic mass is 10.1. The van der Waals surface area contributed by atoms with Crippen molar-refractivity contribution in [3.63, 3.8) is 0 Å². The molecule has 0 bridgehead atoms. The number of halogens is 1. The van der Waals surface area contributed by atoms with Gasteiger partial charge >= 0.3 is 5.97 Å². The lowest BCUT2D eigenvalue weighted by Crippen LogP contribution is -2.40. The Morgan fingerprint density at radius 3 is 2.63 bits per heavy atom. The van der Waals surface area contributed by atoms with E-state index in [1.54, 1.807) is 18.2 Å². The second-order valence-electron chi connectivity index (χ2n) is 4.47. The molecule has 1 amide bonds. The SMILES string of the molecule is CCCC[C@H](NC(=O)c1ccc(C)c(Cl)c1)C(=O)O. The summed E-state index contributed by atoms with van der Waals surface area (Å²) in [6.45, 7) is 3.81. The van der Waals surface area contributed by atoms with Crippen molar-refractivity contribution < 1.29 is 14.7 Å². The number of unbranched alkanes of at least 4 members (excludes halogenated alkanes) is 1. The van der Waals surface area contributed by atoms with E-state index in [2.05, 4.69) is 5.32 Å². The highest BCUT2D eigenvalue weighted by atomic mass is 35.5. The lowest BCUT2D eigenvalue weighted by Gasteiger charge is -2.14. The third-order valence-corrected chi connectivity index (χ3v) is 3.29. The maximum atomic E-state index is 12.0. The molecule has 0 heterocycles. The van der Waals surface area contributed by atoms with Crippen LogP contribution in [0.5, 0.6) is 0 Å². The Morgan fingerprint density at radius 2 is 2.11 bits per heavy atom. The van der Waals surface area contributed by atoms with Gasteiger partial charge in [0.15, 0.2) is 0 Å². The summed E-state index contributed by atoms with van der Waals surface area (Å²) in [6, 6.07) is 4.06. The second kappa shape index (κ2) is 7.14. The van der Waals surface area contributed by atoms with Gasteiger partial charge in [-0.25, -0.2) is 4.79 Å². The van der Waals surface area contributed by atoms with Crippen molar-refractivity contribution in [3.8, 4) is 0 Å². The predicted molar refractivity (Wildman–Crippen MR) is 74.6 cm³/mol. The monoisotopic (exact) mass is 283 g/mol. The molecule has 1 aromatic carbocycles. The highest BCUT2D eigenvalue weighted by Gasteiger charge is 2.20. The van der Waals surface area contributed by atoms with E-state index < -0.39 is 17.9 Å². The standard InChI is InChI=1S/C14H18ClNO3/c1-3-4-5-12(14(18)19)16-13(17)10-7-6-9(2)11(15)8-10/h6-8,12H,3-5H2,1-2H3,(H,16,17)(H,18,19)/t12-/m0/s1. The molecule has 0 aliphatic heterocycles. The van der Waals surface area contributed by atoms with Crippen LogP contribution in [0.3, 0.4) is 0 Å². The van der Waals surface area contributed by atoms with Crippen molar-refractivity contribution in [1.29, 1.82) is 0 Å². The van der Waals surface area contributed by atoms with Crippen LogP contribution in [-0.4, -0.2) is 23.0 Å². The van der Waals surface area contributed by atoms with Crippen molar-refractivity contribution >= 4 is 23.5 Å². The van der Waals surface area contributed by atoms with Gasteiger partial charge in [-0.05, 0) is 31.0 Å². The van der Waals surface area contributed by atoms with Crippen molar-refractivity contribution in [2.24, 2.45) is 0 Å². The molecule has 0 aliphatic carbocycles. The number of rotatable bonds is 6. The van der Waals surface area contributed by atoms with Crippen LogP contribution in [0.15, 0.2) is 18.2 Å². The summed E-state index contributed by atoms with van der Waals surface area (Å²) < 4.78 is 0. The minimum atomic E-state index is -1.01. The normalized spacial score (nSPS) is 11.9. The van der Waals surface area contributed by atoms with Crippen LogP contribution in [-0.2, 0) is 4.79 Å².